The van der Waals surface area contributed by atoms with Crippen LogP contribution < -0.4 is 15.8 Å². The van der Waals surface area contributed by atoms with Crippen molar-refractivity contribution in [3.8, 4) is 5.88 Å². The number of nitrogens with two attached hydrogens (primary N) is 1. The smallest absolute Gasteiger partial charge is 0.225 e. The third kappa shape index (κ3) is 6.38. The van der Waals surface area contributed by atoms with E-state index in [1.165, 1.54) is 0 Å². The fourth-order valence-corrected chi connectivity index (χ4v) is 1.72. The zero-order chi connectivity index (χ0) is 14.3. The minimum Gasteiger partial charge on any atom is -0.475 e. The van der Waals surface area contributed by atoms with E-state index in [-0.39, 0.29) is 11.5 Å². The Hall–Kier alpha value is -1.36. The van der Waals surface area contributed by atoms with Gasteiger partial charge in [0.2, 0.25) is 11.8 Å². The van der Waals surface area contributed by atoms with E-state index >= 15 is 0 Å². The number of hydrogen-bond donors (Lipinski definition) is 2. The molecular weight excluding hydrogens is 240 g/mol. The Morgan fingerprint density at radius 2 is 2.16 bits per heavy atom. The van der Waals surface area contributed by atoms with E-state index in [0.717, 1.165) is 25.9 Å². The van der Waals surface area contributed by atoms with Crippen molar-refractivity contribution in [2.45, 2.75) is 46.6 Å². The molecule has 0 saturated heterocycles. The van der Waals surface area contributed by atoms with E-state index in [1.807, 2.05) is 13.8 Å². The molecule has 0 radical (unpaired) electrons. The highest BCUT2D eigenvalue weighted by Crippen LogP contribution is 2.22. The van der Waals surface area contributed by atoms with E-state index in [1.54, 1.807) is 12.3 Å². The van der Waals surface area contributed by atoms with Crippen LogP contribution in [0, 0.1) is 5.41 Å². The molecule has 1 rings (SSSR count). The van der Waals surface area contributed by atoms with E-state index in [2.05, 4.69) is 29.1 Å². The Balaban J connectivity index is 2.52. The first-order valence-corrected chi connectivity index (χ1v) is 6.86. The molecule has 1 aromatic heterocycles. The van der Waals surface area contributed by atoms with E-state index in [4.69, 9.17) is 10.5 Å². The lowest BCUT2D eigenvalue weighted by molar-refractivity contribution is 0.232. The van der Waals surface area contributed by atoms with Gasteiger partial charge in [0.1, 0.15) is 0 Å². The lowest BCUT2D eigenvalue weighted by Gasteiger charge is -2.24. The highest BCUT2D eigenvalue weighted by Gasteiger charge is 2.17. The normalized spacial score (nSPS) is 11.7. The van der Waals surface area contributed by atoms with Gasteiger partial charge in [0, 0.05) is 18.8 Å². The summed E-state index contributed by atoms with van der Waals surface area (Å²) in [6, 6.07) is 1.77. The lowest BCUT2D eigenvalue weighted by atomic mass is 9.88. The number of nitrogens with zero attached hydrogens (tertiary/aromatic N) is 2. The van der Waals surface area contributed by atoms with Crippen molar-refractivity contribution in [2.24, 2.45) is 11.1 Å². The largest absolute Gasteiger partial charge is 0.475 e. The molecule has 0 unspecified atom stereocenters. The summed E-state index contributed by atoms with van der Waals surface area (Å²) in [6.07, 6.45) is 3.94. The molecule has 3 N–H and O–H groups in total. The Bertz CT molecular complexity index is 379. The van der Waals surface area contributed by atoms with Crippen LogP contribution in [-0.4, -0.2) is 29.2 Å². The summed E-state index contributed by atoms with van der Waals surface area (Å²) in [4.78, 5) is 8.53. The standard InChI is InChI=1S/C14H26N4O/c1-11(2)19-12-6-9-16-13(18-12)17-10-14(3,4)7-5-8-15/h6,9,11H,5,7-8,10,15H2,1-4H3,(H,16,17,18). The van der Waals surface area contributed by atoms with Crippen LogP contribution in [0.4, 0.5) is 5.95 Å². The monoisotopic (exact) mass is 266 g/mol. The summed E-state index contributed by atoms with van der Waals surface area (Å²) >= 11 is 0. The molecule has 1 aromatic rings. The van der Waals surface area contributed by atoms with Gasteiger partial charge in [-0.25, -0.2) is 4.98 Å². The van der Waals surface area contributed by atoms with Gasteiger partial charge in [-0.2, -0.15) is 4.98 Å². The number of rotatable bonds is 8. The lowest BCUT2D eigenvalue weighted by Crippen LogP contribution is -2.25. The van der Waals surface area contributed by atoms with Crippen LogP contribution >= 0.6 is 0 Å². The fraction of sp³-hybridized carbons (Fsp3) is 0.714. The third-order valence-electron chi connectivity index (χ3n) is 2.77. The van der Waals surface area contributed by atoms with Crippen molar-refractivity contribution in [1.29, 1.82) is 0 Å². The average molecular weight is 266 g/mol. The average Bonchev–Trinajstić information content (AvgIpc) is 2.34. The quantitative estimate of drug-likeness (QED) is 0.756. The molecule has 108 valence electrons. The summed E-state index contributed by atoms with van der Waals surface area (Å²) in [5.74, 6) is 1.21. The molecule has 19 heavy (non-hydrogen) atoms. The number of hydrogen-bond acceptors (Lipinski definition) is 5. The van der Waals surface area contributed by atoms with Gasteiger partial charge >= 0.3 is 0 Å². The molecule has 0 bridgehead atoms. The number of aromatic nitrogens is 2. The maximum absolute atomic E-state index is 5.55. The van der Waals surface area contributed by atoms with Crippen molar-refractivity contribution >= 4 is 5.95 Å². The van der Waals surface area contributed by atoms with E-state index < -0.39 is 0 Å². The van der Waals surface area contributed by atoms with Crippen molar-refractivity contribution in [3.63, 3.8) is 0 Å². The second-order valence-electron chi connectivity index (χ2n) is 5.80. The maximum Gasteiger partial charge on any atom is 0.225 e. The molecule has 5 heteroatoms. The first-order chi connectivity index (χ1) is 8.93. The fourth-order valence-electron chi connectivity index (χ4n) is 1.72. The molecule has 0 aliphatic carbocycles. The molecule has 0 aliphatic rings. The molecular formula is C14H26N4O. The van der Waals surface area contributed by atoms with Gasteiger partial charge in [-0.05, 0) is 38.6 Å². The number of nitrogens with one attached hydrogen (secondary N) is 1. The van der Waals surface area contributed by atoms with Crippen LogP contribution in [0.5, 0.6) is 5.88 Å². The van der Waals surface area contributed by atoms with Gasteiger partial charge in [0.15, 0.2) is 0 Å². The predicted octanol–water partition coefficient (Wildman–Crippen LogP) is 2.44. The molecule has 0 aromatic carbocycles. The minimum absolute atomic E-state index is 0.115. The highest BCUT2D eigenvalue weighted by atomic mass is 16.5. The van der Waals surface area contributed by atoms with Gasteiger partial charge in [-0.1, -0.05) is 13.8 Å². The summed E-state index contributed by atoms with van der Waals surface area (Å²) in [7, 11) is 0. The van der Waals surface area contributed by atoms with Crippen LogP contribution in [0.2, 0.25) is 0 Å². The van der Waals surface area contributed by atoms with Gasteiger partial charge in [-0.15, -0.1) is 0 Å². The molecule has 1 heterocycles. The van der Waals surface area contributed by atoms with Gasteiger partial charge < -0.3 is 15.8 Å². The summed E-state index contributed by atoms with van der Waals surface area (Å²) in [5, 5.41) is 3.26. The van der Waals surface area contributed by atoms with Crippen molar-refractivity contribution in [2.75, 3.05) is 18.4 Å². The SMILES string of the molecule is CC(C)Oc1ccnc(NCC(C)(C)CCCN)n1. The van der Waals surface area contributed by atoms with Gasteiger partial charge in [-0.3, -0.25) is 0 Å². The van der Waals surface area contributed by atoms with Gasteiger partial charge in [0.25, 0.3) is 0 Å². The summed E-state index contributed by atoms with van der Waals surface area (Å²) in [5.41, 5.74) is 5.73. The first-order valence-electron chi connectivity index (χ1n) is 6.86. The zero-order valence-electron chi connectivity index (χ0n) is 12.4. The zero-order valence-corrected chi connectivity index (χ0v) is 12.4. The molecule has 0 saturated carbocycles. The second-order valence-corrected chi connectivity index (χ2v) is 5.80. The first kappa shape index (κ1) is 15.7. The maximum atomic E-state index is 5.55. The minimum atomic E-state index is 0.115. The summed E-state index contributed by atoms with van der Waals surface area (Å²) in [6.45, 7) is 9.93. The van der Waals surface area contributed by atoms with Crippen LogP contribution in [0.1, 0.15) is 40.5 Å². The third-order valence-corrected chi connectivity index (χ3v) is 2.77. The molecule has 0 fully saturated rings. The Morgan fingerprint density at radius 1 is 1.42 bits per heavy atom. The molecule has 0 atom stereocenters. The Morgan fingerprint density at radius 3 is 2.79 bits per heavy atom. The Kier molecular flexibility index (Phi) is 6.02. The predicted molar refractivity (Wildman–Crippen MR) is 78.4 cm³/mol. The summed E-state index contributed by atoms with van der Waals surface area (Å²) < 4.78 is 5.54. The number of anilines is 1. The van der Waals surface area contributed by atoms with Crippen LogP contribution in [-0.2, 0) is 0 Å². The topological polar surface area (TPSA) is 73.1 Å². The van der Waals surface area contributed by atoms with E-state index in [0.29, 0.717) is 11.8 Å². The molecule has 5 nitrogen and oxygen atoms in total. The molecule has 0 aliphatic heterocycles. The van der Waals surface area contributed by atoms with Crippen LogP contribution in [0.25, 0.3) is 0 Å². The highest BCUT2D eigenvalue weighted by molar-refractivity contribution is 5.27. The van der Waals surface area contributed by atoms with Crippen molar-refractivity contribution in [1.82, 2.24) is 9.97 Å². The van der Waals surface area contributed by atoms with Crippen LogP contribution in [0.15, 0.2) is 12.3 Å². The van der Waals surface area contributed by atoms with Crippen molar-refractivity contribution < 1.29 is 4.74 Å². The number of ether oxygens (including phenoxy) is 1. The molecule has 0 amide bonds. The van der Waals surface area contributed by atoms with E-state index in [9.17, 15) is 0 Å². The van der Waals surface area contributed by atoms with Gasteiger partial charge in [0.05, 0.1) is 6.10 Å². The van der Waals surface area contributed by atoms with Crippen LogP contribution in [0.3, 0.4) is 0 Å². The van der Waals surface area contributed by atoms with Crippen molar-refractivity contribution in [3.05, 3.63) is 12.3 Å². The Labute approximate surface area is 116 Å². The second kappa shape index (κ2) is 7.28. The molecule has 0 spiro atoms.